The summed E-state index contributed by atoms with van der Waals surface area (Å²) in [5.74, 6) is 2.13. The summed E-state index contributed by atoms with van der Waals surface area (Å²) >= 11 is 1.61. The van der Waals surface area contributed by atoms with E-state index in [1.54, 1.807) is 11.8 Å². The maximum Gasteiger partial charge on any atom is 0.255 e. The number of anilines is 2. The topological polar surface area (TPSA) is 81.1 Å². The van der Waals surface area contributed by atoms with Gasteiger partial charge in [0.1, 0.15) is 18.4 Å². The number of carbonyl (C=O) groups excluding carboxylic acids is 1. The molecule has 1 aromatic heterocycles. The van der Waals surface area contributed by atoms with Gasteiger partial charge >= 0.3 is 0 Å². The molecule has 2 N–H and O–H groups in total. The molecule has 0 fully saturated rings. The first-order valence-electron chi connectivity index (χ1n) is 12.7. The maximum absolute atomic E-state index is 13.6. The van der Waals surface area contributed by atoms with Gasteiger partial charge < -0.3 is 15.4 Å². The molecule has 194 valence electrons. The quantitative estimate of drug-likeness (QED) is 0.240. The molecule has 1 unspecified atom stereocenters. The smallest absolute Gasteiger partial charge is 0.255 e. The number of allylic oxidation sites excluding steroid dienone is 1. The fourth-order valence-corrected chi connectivity index (χ4v) is 4.99. The molecular formula is C30H31N5O2S. The van der Waals surface area contributed by atoms with E-state index in [1.165, 1.54) is 5.56 Å². The minimum atomic E-state index is -0.440. The third kappa shape index (κ3) is 5.75. The van der Waals surface area contributed by atoms with Crippen molar-refractivity contribution in [1.29, 1.82) is 0 Å². The molecule has 5 rings (SSSR count). The average Bonchev–Trinajstić information content (AvgIpc) is 3.34. The Labute approximate surface area is 227 Å². The number of para-hydroxylation sites is 1. The van der Waals surface area contributed by atoms with E-state index in [-0.39, 0.29) is 5.91 Å². The number of nitrogens with zero attached hydrogens (tertiary/aromatic N) is 3. The fourth-order valence-electron chi connectivity index (χ4n) is 4.31. The van der Waals surface area contributed by atoms with Crippen molar-refractivity contribution < 1.29 is 9.53 Å². The van der Waals surface area contributed by atoms with Crippen LogP contribution in [-0.2, 0) is 11.4 Å². The molecule has 0 radical (unpaired) electrons. The van der Waals surface area contributed by atoms with Crippen LogP contribution in [0.3, 0.4) is 0 Å². The zero-order valence-corrected chi connectivity index (χ0v) is 22.6. The van der Waals surface area contributed by atoms with Crippen LogP contribution < -0.4 is 15.4 Å². The highest BCUT2D eigenvalue weighted by Gasteiger charge is 2.34. The van der Waals surface area contributed by atoms with Crippen LogP contribution in [0.1, 0.15) is 43.0 Å². The normalized spacial score (nSPS) is 14.6. The predicted octanol–water partition coefficient (Wildman–Crippen LogP) is 6.60. The number of thioether (sulfide) groups is 1. The van der Waals surface area contributed by atoms with Gasteiger partial charge in [-0.3, -0.25) is 4.79 Å². The molecule has 0 saturated carbocycles. The summed E-state index contributed by atoms with van der Waals surface area (Å²) in [5, 5.41) is 11.8. The lowest BCUT2D eigenvalue weighted by Crippen LogP contribution is -2.31. The molecule has 1 amide bonds. The van der Waals surface area contributed by atoms with Gasteiger partial charge in [-0.15, -0.1) is 5.10 Å². The highest BCUT2D eigenvalue weighted by atomic mass is 32.2. The first-order chi connectivity index (χ1) is 18.5. The summed E-state index contributed by atoms with van der Waals surface area (Å²) in [7, 11) is 0. The lowest BCUT2D eigenvalue weighted by molar-refractivity contribution is -0.113. The van der Waals surface area contributed by atoms with Crippen molar-refractivity contribution in [3.63, 3.8) is 0 Å². The number of nitrogens with one attached hydrogen (secondary N) is 2. The van der Waals surface area contributed by atoms with Gasteiger partial charge in [-0.1, -0.05) is 78.8 Å². The van der Waals surface area contributed by atoms with E-state index in [0.29, 0.717) is 23.3 Å². The number of aromatic nitrogens is 3. The van der Waals surface area contributed by atoms with E-state index in [0.717, 1.165) is 40.4 Å². The lowest BCUT2D eigenvalue weighted by Gasteiger charge is -2.28. The largest absolute Gasteiger partial charge is 0.489 e. The summed E-state index contributed by atoms with van der Waals surface area (Å²) in [4.78, 5) is 18.3. The van der Waals surface area contributed by atoms with E-state index < -0.39 is 6.04 Å². The van der Waals surface area contributed by atoms with Crippen molar-refractivity contribution in [3.05, 3.63) is 107 Å². The van der Waals surface area contributed by atoms with Crippen LogP contribution in [0.25, 0.3) is 0 Å². The van der Waals surface area contributed by atoms with Gasteiger partial charge in [-0.05, 0) is 55.7 Å². The predicted molar refractivity (Wildman–Crippen MR) is 153 cm³/mol. The fraction of sp³-hybridized carbons (Fsp3) is 0.233. The van der Waals surface area contributed by atoms with Crippen molar-refractivity contribution in [1.82, 2.24) is 14.8 Å². The zero-order valence-electron chi connectivity index (χ0n) is 21.8. The Kier molecular flexibility index (Phi) is 7.79. The van der Waals surface area contributed by atoms with Crippen LogP contribution in [0.2, 0.25) is 0 Å². The first kappa shape index (κ1) is 25.6. The van der Waals surface area contributed by atoms with Gasteiger partial charge in [0.05, 0.1) is 5.57 Å². The van der Waals surface area contributed by atoms with Gasteiger partial charge in [0.25, 0.3) is 5.91 Å². The van der Waals surface area contributed by atoms with Crippen molar-refractivity contribution in [3.8, 4) is 5.75 Å². The van der Waals surface area contributed by atoms with E-state index in [1.807, 2.05) is 66.2 Å². The van der Waals surface area contributed by atoms with E-state index >= 15 is 0 Å². The number of carbonyl (C=O) groups is 1. The SMILES string of the molecule is CCCSc1nc2n(n1)C(c1ccc(OCc3ccc(C)cc3)cc1)C(C(=O)Nc1ccccc1)=C(C)N2. The molecule has 4 aromatic rings. The molecule has 0 aliphatic carbocycles. The van der Waals surface area contributed by atoms with Crippen molar-refractivity contribution in [2.45, 2.75) is 45.0 Å². The Bertz CT molecular complexity index is 1430. The van der Waals surface area contributed by atoms with Crippen LogP contribution in [-0.4, -0.2) is 26.4 Å². The Morgan fingerprint density at radius 3 is 2.47 bits per heavy atom. The summed E-state index contributed by atoms with van der Waals surface area (Å²) in [5.41, 5.74) is 5.33. The molecule has 0 saturated heterocycles. The Hall–Kier alpha value is -4.04. The molecule has 38 heavy (non-hydrogen) atoms. The molecule has 7 nitrogen and oxygen atoms in total. The minimum absolute atomic E-state index is 0.185. The third-order valence-corrected chi connectivity index (χ3v) is 7.31. The highest BCUT2D eigenvalue weighted by Crippen LogP contribution is 2.37. The summed E-state index contributed by atoms with van der Waals surface area (Å²) in [6.45, 7) is 6.59. The van der Waals surface area contributed by atoms with Crippen LogP contribution in [0.15, 0.2) is 95.3 Å². The van der Waals surface area contributed by atoms with Crippen LogP contribution in [0.5, 0.6) is 5.75 Å². The number of hydrogen-bond donors (Lipinski definition) is 2. The molecule has 0 spiro atoms. The number of hydrogen-bond acceptors (Lipinski definition) is 6. The Morgan fingerprint density at radius 2 is 1.76 bits per heavy atom. The van der Waals surface area contributed by atoms with E-state index in [2.05, 4.69) is 48.7 Å². The first-order valence-corrected chi connectivity index (χ1v) is 13.7. The molecule has 1 aliphatic rings. The molecule has 2 heterocycles. The maximum atomic E-state index is 13.6. The lowest BCUT2D eigenvalue weighted by atomic mass is 9.95. The molecule has 1 aliphatic heterocycles. The van der Waals surface area contributed by atoms with Gasteiger partial charge in [-0.25, -0.2) is 4.68 Å². The van der Waals surface area contributed by atoms with Gasteiger partial charge in [0.2, 0.25) is 11.1 Å². The second kappa shape index (κ2) is 11.6. The second-order valence-electron chi connectivity index (χ2n) is 9.24. The summed E-state index contributed by atoms with van der Waals surface area (Å²) < 4.78 is 7.84. The summed E-state index contributed by atoms with van der Waals surface area (Å²) in [6.07, 6.45) is 1.03. The van der Waals surface area contributed by atoms with Crippen molar-refractivity contribution in [2.75, 3.05) is 16.4 Å². The standard InChI is InChI=1S/C30H31N5O2S/c1-4-18-38-30-33-29-31-21(3)26(28(36)32-24-8-6-5-7-9-24)27(35(29)34-30)23-14-16-25(17-15-23)37-19-22-12-10-20(2)11-13-22/h5-17,27H,4,18-19H2,1-3H3,(H,32,36)(H,31,33,34). The number of benzene rings is 3. The van der Waals surface area contributed by atoms with Gasteiger partial charge in [0.15, 0.2) is 0 Å². The number of rotatable bonds is 9. The monoisotopic (exact) mass is 525 g/mol. The van der Waals surface area contributed by atoms with Crippen LogP contribution in [0, 0.1) is 6.92 Å². The number of aryl methyl sites for hydroxylation is 1. The number of amides is 1. The van der Waals surface area contributed by atoms with Gasteiger partial charge in [0, 0.05) is 17.1 Å². The van der Waals surface area contributed by atoms with E-state index in [4.69, 9.17) is 14.8 Å². The molecule has 3 aromatic carbocycles. The average molecular weight is 526 g/mol. The van der Waals surface area contributed by atoms with Crippen molar-refractivity contribution in [2.24, 2.45) is 0 Å². The van der Waals surface area contributed by atoms with Gasteiger partial charge in [-0.2, -0.15) is 4.98 Å². The third-order valence-electron chi connectivity index (χ3n) is 6.27. The number of ether oxygens (including phenoxy) is 1. The molecular weight excluding hydrogens is 494 g/mol. The van der Waals surface area contributed by atoms with Crippen molar-refractivity contribution >= 4 is 29.3 Å². The van der Waals surface area contributed by atoms with Crippen LogP contribution in [0.4, 0.5) is 11.6 Å². The van der Waals surface area contributed by atoms with Crippen LogP contribution >= 0.6 is 11.8 Å². The second-order valence-corrected chi connectivity index (χ2v) is 10.3. The Balaban J connectivity index is 1.44. The van der Waals surface area contributed by atoms with E-state index in [9.17, 15) is 4.79 Å². The molecule has 8 heteroatoms. The summed E-state index contributed by atoms with van der Waals surface area (Å²) in [6, 6.07) is 25.2. The highest BCUT2D eigenvalue weighted by molar-refractivity contribution is 7.99. The Morgan fingerprint density at radius 1 is 1.03 bits per heavy atom. The minimum Gasteiger partial charge on any atom is -0.489 e. The molecule has 0 bridgehead atoms. The zero-order chi connectivity index (χ0) is 26.5. The molecule has 1 atom stereocenters. The number of fused-ring (bicyclic) bond motifs is 1.